The highest BCUT2D eigenvalue weighted by atomic mass is 79.9. The van der Waals surface area contributed by atoms with Crippen LogP contribution in [0.1, 0.15) is 30.8 Å². The minimum absolute atomic E-state index is 0.0808. The first-order valence-corrected chi connectivity index (χ1v) is 6.80. The summed E-state index contributed by atoms with van der Waals surface area (Å²) in [6.07, 6.45) is 3.69. The molecule has 0 radical (unpaired) electrons. The lowest BCUT2D eigenvalue weighted by Crippen LogP contribution is -2.40. The van der Waals surface area contributed by atoms with E-state index in [1.807, 2.05) is 18.4 Å². The molecule has 16 heavy (non-hydrogen) atoms. The largest absolute Gasteiger partial charge is 0.296 e. The Morgan fingerprint density at radius 2 is 2.19 bits per heavy atom. The number of aryl methyl sites for hydroxylation is 2. The zero-order valence-corrected chi connectivity index (χ0v) is 11.4. The van der Waals surface area contributed by atoms with Crippen molar-refractivity contribution in [1.82, 2.24) is 9.55 Å². The summed E-state index contributed by atoms with van der Waals surface area (Å²) in [6.45, 7) is 4.58. The van der Waals surface area contributed by atoms with Crippen molar-refractivity contribution in [2.45, 2.75) is 39.7 Å². The predicted octanol–water partition coefficient (Wildman–Crippen LogP) is 2.43. The molecule has 88 valence electrons. The van der Waals surface area contributed by atoms with Gasteiger partial charge in [0.15, 0.2) is 0 Å². The number of halogens is 1. The van der Waals surface area contributed by atoms with Gasteiger partial charge in [-0.15, -0.1) is 0 Å². The Morgan fingerprint density at radius 1 is 1.50 bits per heavy atom. The molecule has 1 aliphatic carbocycles. The van der Waals surface area contributed by atoms with Crippen LogP contribution in [-0.4, -0.2) is 14.9 Å². The van der Waals surface area contributed by atoms with Gasteiger partial charge in [-0.05, 0) is 32.1 Å². The molecule has 1 saturated carbocycles. The third kappa shape index (κ3) is 2.08. The van der Waals surface area contributed by atoms with Gasteiger partial charge in [0.05, 0.1) is 0 Å². The minimum atomic E-state index is 0.0808. The average Bonchev–Trinajstić information content (AvgIpc) is 2.14. The highest BCUT2D eigenvalue weighted by Gasteiger charge is 2.36. The van der Waals surface area contributed by atoms with E-state index in [1.165, 1.54) is 19.3 Å². The minimum Gasteiger partial charge on any atom is -0.296 e. The molecule has 3 nitrogen and oxygen atoms in total. The van der Waals surface area contributed by atoms with E-state index < -0.39 is 0 Å². The van der Waals surface area contributed by atoms with Gasteiger partial charge in [0, 0.05) is 23.6 Å². The first-order chi connectivity index (χ1) is 7.56. The lowest BCUT2D eigenvalue weighted by atomic mass is 9.70. The predicted molar refractivity (Wildman–Crippen MR) is 68.0 cm³/mol. The van der Waals surface area contributed by atoms with Crippen molar-refractivity contribution in [3.8, 4) is 0 Å². The van der Waals surface area contributed by atoms with Crippen LogP contribution >= 0.6 is 15.9 Å². The Bertz CT molecular complexity index is 443. The summed E-state index contributed by atoms with van der Waals surface area (Å²) in [5, 5.41) is 0.972. The second-order valence-electron chi connectivity index (χ2n) is 4.86. The van der Waals surface area contributed by atoms with Gasteiger partial charge in [0.2, 0.25) is 0 Å². The van der Waals surface area contributed by atoms with Gasteiger partial charge in [-0.2, -0.15) is 0 Å². The van der Waals surface area contributed by atoms with Crippen molar-refractivity contribution in [1.29, 1.82) is 0 Å². The number of hydrogen-bond acceptors (Lipinski definition) is 2. The number of rotatable bonds is 3. The Labute approximate surface area is 104 Å². The van der Waals surface area contributed by atoms with Crippen molar-refractivity contribution in [3.05, 3.63) is 27.9 Å². The maximum Gasteiger partial charge on any atom is 0.253 e. The second-order valence-corrected chi connectivity index (χ2v) is 5.42. The third-order valence-electron chi connectivity index (χ3n) is 3.52. The quantitative estimate of drug-likeness (QED) is 0.799. The molecule has 1 aromatic heterocycles. The Morgan fingerprint density at radius 3 is 2.62 bits per heavy atom. The van der Waals surface area contributed by atoms with E-state index in [0.717, 1.165) is 23.4 Å². The van der Waals surface area contributed by atoms with Gasteiger partial charge in [0.25, 0.3) is 5.56 Å². The van der Waals surface area contributed by atoms with Gasteiger partial charge in [-0.1, -0.05) is 22.4 Å². The maximum atomic E-state index is 11.9. The second kappa shape index (κ2) is 4.32. The molecule has 0 aromatic carbocycles. The van der Waals surface area contributed by atoms with Crippen LogP contribution in [0, 0.1) is 19.3 Å². The molecule has 2 rings (SSSR count). The summed E-state index contributed by atoms with van der Waals surface area (Å²) in [5.41, 5.74) is 1.17. The van der Waals surface area contributed by atoms with Crippen LogP contribution in [0.25, 0.3) is 0 Å². The van der Waals surface area contributed by atoms with Gasteiger partial charge in [-0.3, -0.25) is 9.36 Å². The van der Waals surface area contributed by atoms with Crippen molar-refractivity contribution in [3.63, 3.8) is 0 Å². The molecule has 1 aromatic rings. The van der Waals surface area contributed by atoms with Crippen LogP contribution in [0.5, 0.6) is 0 Å². The molecule has 0 spiro atoms. The standard InChI is InChI=1S/C12H17BrN2O/c1-9-6-11(16)15(10(2)14-9)8-12(7-13)4-3-5-12/h6H,3-5,7-8H2,1-2H3. The van der Waals surface area contributed by atoms with Gasteiger partial charge >= 0.3 is 0 Å². The van der Waals surface area contributed by atoms with E-state index in [1.54, 1.807) is 6.07 Å². The van der Waals surface area contributed by atoms with Crippen molar-refractivity contribution in [2.24, 2.45) is 5.41 Å². The van der Waals surface area contributed by atoms with Crippen LogP contribution in [0.2, 0.25) is 0 Å². The molecular weight excluding hydrogens is 268 g/mol. The fourth-order valence-electron chi connectivity index (χ4n) is 2.30. The van der Waals surface area contributed by atoms with Crippen molar-refractivity contribution in [2.75, 3.05) is 5.33 Å². The summed E-state index contributed by atoms with van der Waals surface area (Å²) >= 11 is 3.57. The first kappa shape index (κ1) is 11.8. The molecule has 0 unspecified atom stereocenters. The van der Waals surface area contributed by atoms with Gasteiger partial charge < -0.3 is 0 Å². The molecule has 1 fully saturated rings. The number of alkyl halides is 1. The molecule has 0 N–H and O–H groups in total. The van der Waals surface area contributed by atoms with E-state index in [-0.39, 0.29) is 11.0 Å². The Hall–Kier alpha value is -0.640. The molecule has 0 amide bonds. The molecular formula is C12H17BrN2O. The van der Waals surface area contributed by atoms with E-state index in [2.05, 4.69) is 20.9 Å². The number of hydrogen-bond donors (Lipinski definition) is 0. The lowest BCUT2D eigenvalue weighted by Gasteiger charge is -2.41. The van der Waals surface area contributed by atoms with E-state index in [9.17, 15) is 4.79 Å². The molecule has 0 saturated heterocycles. The van der Waals surface area contributed by atoms with Crippen LogP contribution in [0.3, 0.4) is 0 Å². The fraction of sp³-hybridized carbons (Fsp3) is 0.667. The van der Waals surface area contributed by atoms with Crippen LogP contribution in [0.15, 0.2) is 10.9 Å². The molecule has 4 heteroatoms. The smallest absolute Gasteiger partial charge is 0.253 e. The molecule has 0 bridgehead atoms. The number of aromatic nitrogens is 2. The Kier molecular flexibility index (Phi) is 3.19. The molecule has 0 aliphatic heterocycles. The highest BCUT2D eigenvalue weighted by molar-refractivity contribution is 9.09. The van der Waals surface area contributed by atoms with E-state index in [4.69, 9.17) is 0 Å². The zero-order chi connectivity index (χ0) is 11.8. The normalized spacial score (nSPS) is 18.2. The van der Waals surface area contributed by atoms with Gasteiger partial charge in [0.1, 0.15) is 5.82 Å². The first-order valence-electron chi connectivity index (χ1n) is 5.67. The van der Waals surface area contributed by atoms with Gasteiger partial charge in [-0.25, -0.2) is 4.98 Å². The SMILES string of the molecule is Cc1cc(=O)n(CC2(CBr)CCC2)c(C)n1. The molecule has 0 atom stereocenters. The Balaban J connectivity index is 2.31. The van der Waals surface area contributed by atoms with Crippen LogP contribution in [0.4, 0.5) is 0 Å². The average molecular weight is 285 g/mol. The molecule has 1 aliphatic rings. The highest BCUT2D eigenvalue weighted by Crippen LogP contribution is 2.43. The van der Waals surface area contributed by atoms with Crippen LogP contribution < -0.4 is 5.56 Å². The number of nitrogens with zero attached hydrogens (tertiary/aromatic N) is 2. The maximum absolute atomic E-state index is 11.9. The summed E-state index contributed by atoms with van der Waals surface area (Å²) in [5.74, 6) is 0.831. The van der Waals surface area contributed by atoms with Crippen molar-refractivity contribution < 1.29 is 0 Å². The molecule has 1 heterocycles. The van der Waals surface area contributed by atoms with Crippen molar-refractivity contribution >= 4 is 15.9 Å². The summed E-state index contributed by atoms with van der Waals surface area (Å²) in [7, 11) is 0. The zero-order valence-electron chi connectivity index (χ0n) is 9.79. The fourth-order valence-corrected chi connectivity index (χ4v) is 3.04. The monoisotopic (exact) mass is 284 g/mol. The summed E-state index contributed by atoms with van der Waals surface area (Å²) in [6, 6.07) is 1.62. The summed E-state index contributed by atoms with van der Waals surface area (Å²) in [4.78, 5) is 16.3. The van der Waals surface area contributed by atoms with E-state index in [0.29, 0.717) is 0 Å². The summed E-state index contributed by atoms with van der Waals surface area (Å²) < 4.78 is 1.81. The lowest BCUT2D eigenvalue weighted by molar-refractivity contribution is 0.136. The topological polar surface area (TPSA) is 34.9 Å². The van der Waals surface area contributed by atoms with E-state index >= 15 is 0 Å². The van der Waals surface area contributed by atoms with Crippen LogP contribution in [-0.2, 0) is 6.54 Å². The third-order valence-corrected chi connectivity index (χ3v) is 4.71.